The molecule has 5 heteroatoms. The number of aryl methyl sites for hydroxylation is 2. The number of likely N-dealkylation sites (N-methyl/N-ethyl adjacent to an activating group) is 1. The van der Waals surface area contributed by atoms with Crippen molar-refractivity contribution in [3.8, 4) is 11.3 Å². The Morgan fingerprint density at radius 2 is 1.64 bits per heavy atom. The Morgan fingerprint density at radius 3 is 2.33 bits per heavy atom. The van der Waals surface area contributed by atoms with E-state index in [1.54, 1.807) is 19.0 Å². The first-order valence-electron chi connectivity index (χ1n) is 10.9. The highest BCUT2D eigenvalue weighted by atomic mass is 16.2. The lowest BCUT2D eigenvalue weighted by atomic mass is 9.99. The number of rotatable bonds is 5. The Morgan fingerprint density at radius 1 is 0.909 bits per heavy atom. The average Bonchev–Trinajstić information content (AvgIpc) is 2.79. The van der Waals surface area contributed by atoms with Crippen LogP contribution in [-0.4, -0.2) is 35.8 Å². The smallest absolute Gasteiger partial charge is 0.256 e. The monoisotopic (exact) mass is 437 g/mol. The second kappa shape index (κ2) is 9.25. The number of pyridine rings is 1. The molecule has 166 valence electrons. The minimum atomic E-state index is -0.197. The first-order chi connectivity index (χ1) is 15.8. The van der Waals surface area contributed by atoms with Crippen LogP contribution in [-0.2, 0) is 11.2 Å². The fourth-order valence-corrected chi connectivity index (χ4v) is 3.84. The minimum Gasteiger partial charge on any atom is -0.349 e. The van der Waals surface area contributed by atoms with E-state index in [2.05, 4.69) is 37.4 Å². The van der Waals surface area contributed by atoms with Crippen molar-refractivity contribution in [1.29, 1.82) is 0 Å². The Balaban J connectivity index is 1.66. The van der Waals surface area contributed by atoms with Gasteiger partial charge in [-0.05, 0) is 49.2 Å². The lowest BCUT2D eigenvalue weighted by Gasteiger charge is -2.13. The zero-order valence-electron chi connectivity index (χ0n) is 19.3. The van der Waals surface area contributed by atoms with Crippen LogP contribution >= 0.6 is 0 Å². The highest BCUT2D eigenvalue weighted by Gasteiger charge is 2.15. The zero-order valence-corrected chi connectivity index (χ0v) is 19.3. The van der Waals surface area contributed by atoms with Gasteiger partial charge < -0.3 is 10.2 Å². The van der Waals surface area contributed by atoms with Gasteiger partial charge in [-0.1, -0.05) is 54.1 Å². The maximum absolute atomic E-state index is 13.3. The molecule has 4 aromatic rings. The van der Waals surface area contributed by atoms with Crippen molar-refractivity contribution in [3.05, 3.63) is 95.1 Å². The topological polar surface area (TPSA) is 62.3 Å². The number of anilines is 1. The summed E-state index contributed by atoms with van der Waals surface area (Å²) >= 11 is 0. The minimum absolute atomic E-state index is 0.0361. The lowest BCUT2D eigenvalue weighted by molar-refractivity contribution is -0.127. The van der Waals surface area contributed by atoms with Crippen molar-refractivity contribution >= 4 is 28.4 Å². The van der Waals surface area contributed by atoms with Crippen LogP contribution in [0.3, 0.4) is 0 Å². The predicted molar refractivity (Wildman–Crippen MR) is 133 cm³/mol. The van der Waals surface area contributed by atoms with Gasteiger partial charge in [-0.15, -0.1) is 0 Å². The SMILES string of the molecule is Cc1ccc(-c2cc(C(=O)Nc3ccc(CC(=O)N(C)C)cc3)c3ccccc3n2)c(C)c1. The molecule has 0 aliphatic rings. The molecule has 4 rings (SSSR count). The van der Waals surface area contributed by atoms with E-state index in [4.69, 9.17) is 4.98 Å². The van der Waals surface area contributed by atoms with Gasteiger partial charge in [-0.25, -0.2) is 4.98 Å². The van der Waals surface area contributed by atoms with E-state index in [0.29, 0.717) is 17.7 Å². The van der Waals surface area contributed by atoms with Crippen LogP contribution < -0.4 is 5.32 Å². The van der Waals surface area contributed by atoms with Crippen molar-refractivity contribution < 1.29 is 9.59 Å². The number of fused-ring (bicyclic) bond motifs is 1. The number of carbonyl (C=O) groups is 2. The standard InChI is InChI=1S/C28H27N3O2/c1-18-9-14-22(19(2)15-18)26-17-24(23-7-5-6-8-25(23)30-26)28(33)29-21-12-10-20(11-13-21)16-27(32)31(3)4/h5-15,17H,16H2,1-4H3,(H,29,33). The third kappa shape index (κ3) is 4.93. The number of nitrogens with zero attached hydrogens (tertiary/aromatic N) is 2. The number of nitrogens with one attached hydrogen (secondary N) is 1. The first kappa shape index (κ1) is 22.2. The summed E-state index contributed by atoms with van der Waals surface area (Å²) < 4.78 is 0. The Labute approximate surface area is 194 Å². The van der Waals surface area contributed by atoms with E-state index in [-0.39, 0.29) is 11.8 Å². The molecule has 3 aromatic carbocycles. The van der Waals surface area contributed by atoms with Crippen LogP contribution in [0.4, 0.5) is 5.69 Å². The van der Waals surface area contributed by atoms with E-state index in [1.807, 2.05) is 54.6 Å². The van der Waals surface area contributed by atoms with Crippen molar-refractivity contribution in [2.75, 3.05) is 19.4 Å². The van der Waals surface area contributed by atoms with Gasteiger partial charge in [0.05, 0.1) is 23.2 Å². The van der Waals surface area contributed by atoms with Crippen molar-refractivity contribution in [1.82, 2.24) is 9.88 Å². The summed E-state index contributed by atoms with van der Waals surface area (Å²) in [4.78, 5) is 31.6. The molecule has 0 aliphatic carbocycles. The Hall–Kier alpha value is -3.99. The summed E-state index contributed by atoms with van der Waals surface area (Å²) in [6.07, 6.45) is 0.329. The molecule has 1 heterocycles. The molecule has 0 saturated carbocycles. The second-order valence-corrected chi connectivity index (χ2v) is 8.51. The van der Waals surface area contributed by atoms with E-state index in [9.17, 15) is 9.59 Å². The largest absolute Gasteiger partial charge is 0.349 e. The van der Waals surface area contributed by atoms with Crippen LogP contribution in [0.2, 0.25) is 0 Å². The number of benzene rings is 3. The Kier molecular flexibility index (Phi) is 6.22. The molecule has 5 nitrogen and oxygen atoms in total. The van der Waals surface area contributed by atoms with E-state index in [0.717, 1.165) is 33.3 Å². The summed E-state index contributed by atoms with van der Waals surface area (Å²) in [7, 11) is 3.48. The molecule has 0 aliphatic heterocycles. The molecule has 0 radical (unpaired) electrons. The second-order valence-electron chi connectivity index (χ2n) is 8.51. The van der Waals surface area contributed by atoms with Crippen molar-refractivity contribution in [3.63, 3.8) is 0 Å². The number of amides is 2. The van der Waals surface area contributed by atoms with Gasteiger partial charge >= 0.3 is 0 Å². The van der Waals surface area contributed by atoms with Crippen LogP contribution in [0.1, 0.15) is 27.0 Å². The summed E-state index contributed by atoms with van der Waals surface area (Å²) in [6.45, 7) is 4.12. The van der Waals surface area contributed by atoms with Gasteiger partial charge in [0.1, 0.15) is 0 Å². The van der Waals surface area contributed by atoms with Gasteiger partial charge in [0.15, 0.2) is 0 Å². The fraction of sp³-hybridized carbons (Fsp3) is 0.179. The van der Waals surface area contributed by atoms with E-state index < -0.39 is 0 Å². The number of carbonyl (C=O) groups excluding carboxylic acids is 2. The molecular formula is C28H27N3O2. The third-order valence-corrected chi connectivity index (χ3v) is 5.68. The predicted octanol–water partition coefficient (Wildman–Crippen LogP) is 5.40. The fourth-order valence-electron chi connectivity index (χ4n) is 3.84. The van der Waals surface area contributed by atoms with Crippen LogP contribution in [0.5, 0.6) is 0 Å². The van der Waals surface area contributed by atoms with E-state index >= 15 is 0 Å². The van der Waals surface area contributed by atoms with Gasteiger partial charge in [0, 0.05) is 30.7 Å². The molecule has 2 amide bonds. The molecule has 0 spiro atoms. The van der Waals surface area contributed by atoms with Crippen molar-refractivity contribution in [2.45, 2.75) is 20.3 Å². The number of hydrogen-bond donors (Lipinski definition) is 1. The molecule has 33 heavy (non-hydrogen) atoms. The first-order valence-corrected chi connectivity index (χ1v) is 10.9. The summed E-state index contributed by atoms with van der Waals surface area (Å²) in [5.41, 5.74) is 7.01. The number of para-hydroxylation sites is 1. The maximum atomic E-state index is 13.3. The Bertz CT molecular complexity index is 1340. The molecule has 0 atom stereocenters. The molecule has 0 bridgehead atoms. The summed E-state index contributed by atoms with van der Waals surface area (Å²) in [5.74, 6) is -0.161. The van der Waals surface area contributed by atoms with Gasteiger partial charge in [-0.2, -0.15) is 0 Å². The maximum Gasteiger partial charge on any atom is 0.256 e. The highest BCUT2D eigenvalue weighted by molar-refractivity contribution is 6.13. The number of aromatic nitrogens is 1. The van der Waals surface area contributed by atoms with Gasteiger partial charge in [0.2, 0.25) is 5.91 Å². The van der Waals surface area contributed by atoms with Gasteiger partial charge in [-0.3, -0.25) is 9.59 Å². The molecule has 0 saturated heterocycles. The van der Waals surface area contributed by atoms with Crippen molar-refractivity contribution in [2.24, 2.45) is 0 Å². The summed E-state index contributed by atoms with van der Waals surface area (Å²) in [5, 5.41) is 3.80. The normalized spacial score (nSPS) is 10.8. The van der Waals surface area contributed by atoms with Gasteiger partial charge in [0.25, 0.3) is 5.91 Å². The molecule has 0 fully saturated rings. The van der Waals surface area contributed by atoms with E-state index in [1.165, 1.54) is 5.56 Å². The third-order valence-electron chi connectivity index (χ3n) is 5.68. The molecule has 1 N–H and O–H groups in total. The average molecular weight is 438 g/mol. The molecular weight excluding hydrogens is 410 g/mol. The molecule has 0 unspecified atom stereocenters. The lowest BCUT2D eigenvalue weighted by Crippen LogP contribution is -2.23. The highest BCUT2D eigenvalue weighted by Crippen LogP contribution is 2.28. The van der Waals surface area contributed by atoms with Crippen LogP contribution in [0, 0.1) is 13.8 Å². The van der Waals surface area contributed by atoms with Crippen LogP contribution in [0.25, 0.3) is 22.2 Å². The zero-order chi connectivity index (χ0) is 23.5. The summed E-state index contributed by atoms with van der Waals surface area (Å²) in [6, 6.07) is 23.1. The molecule has 1 aromatic heterocycles. The quantitative estimate of drug-likeness (QED) is 0.455. The van der Waals surface area contributed by atoms with Crippen LogP contribution in [0.15, 0.2) is 72.8 Å². The number of hydrogen-bond acceptors (Lipinski definition) is 3.